The molecule has 0 aliphatic carbocycles. The fraction of sp³-hybridized carbons (Fsp3) is 0.188. The van der Waals surface area contributed by atoms with Crippen LogP contribution in [0, 0.1) is 10.1 Å². The van der Waals surface area contributed by atoms with Crippen LogP contribution in [0.25, 0.3) is 0 Å². The fourth-order valence-corrected chi connectivity index (χ4v) is 2.34. The Morgan fingerprint density at radius 3 is 2.91 bits per heavy atom. The Morgan fingerprint density at radius 2 is 2.09 bits per heavy atom. The summed E-state index contributed by atoms with van der Waals surface area (Å²) in [5.74, 6) is 0.712. The molecule has 0 aromatic heterocycles. The molecule has 2 aromatic carbocycles. The van der Waals surface area contributed by atoms with Crippen molar-refractivity contribution in [2.75, 3.05) is 24.7 Å². The third kappa shape index (κ3) is 3.23. The van der Waals surface area contributed by atoms with Crippen LogP contribution < -0.4 is 14.4 Å². The standard InChI is InChI=1S/C16H14N2O5/c19-16(11-23-13-5-3-4-12(10-13)18(20)21)17-8-9-22-15-7-2-1-6-14(15)17/h1-7,10H,8-9,11H2. The second-order valence-corrected chi connectivity index (χ2v) is 4.90. The molecule has 23 heavy (non-hydrogen) atoms. The predicted molar refractivity (Wildman–Crippen MR) is 82.9 cm³/mol. The van der Waals surface area contributed by atoms with E-state index in [9.17, 15) is 14.9 Å². The second-order valence-electron chi connectivity index (χ2n) is 4.90. The minimum Gasteiger partial charge on any atom is -0.490 e. The van der Waals surface area contributed by atoms with Gasteiger partial charge in [-0.3, -0.25) is 14.9 Å². The maximum absolute atomic E-state index is 12.4. The van der Waals surface area contributed by atoms with Gasteiger partial charge in [0.1, 0.15) is 18.1 Å². The minimum absolute atomic E-state index is 0.0772. The minimum atomic E-state index is -0.507. The molecule has 7 nitrogen and oxygen atoms in total. The van der Waals surface area contributed by atoms with Crippen LogP contribution in [0.1, 0.15) is 0 Å². The number of carbonyl (C=O) groups excluding carboxylic acids is 1. The molecule has 0 spiro atoms. The van der Waals surface area contributed by atoms with Gasteiger partial charge in [0.05, 0.1) is 23.2 Å². The van der Waals surface area contributed by atoms with Crippen molar-refractivity contribution in [2.45, 2.75) is 0 Å². The molecule has 7 heteroatoms. The highest BCUT2D eigenvalue weighted by atomic mass is 16.6. The monoisotopic (exact) mass is 314 g/mol. The van der Waals surface area contributed by atoms with Gasteiger partial charge in [-0.1, -0.05) is 18.2 Å². The molecule has 0 atom stereocenters. The van der Waals surface area contributed by atoms with Gasteiger partial charge in [0.25, 0.3) is 11.6 Å². The molecule has 0 saturated carbocycles. The number of benzene rings is 2. The van der Waals surface area contributed by atoms with E-state index in [1.54, 1.807) is 23.1 Å². The summed E-state index contributed by atoms with van der Waals surface area (Å²) in [6.45, 7) is 0.656. The van der Waals surface area contributed by atoms with Gasteiger partial charge in [-0.05, 0) is 18.2 Å². The first-order valence-corrected chi connectivity index (χ1v) is 7.04. The Morgan fingerprint density at radius 1 is 1.26 bits per heavy atom. The van der Waals surface area contributed by atoms with Gasteiger partial charge < -0.3 is 14.4 Å². The maximum Gasteiger partial charge on any atom is 0.273 e. The molecule has 118 valence electrons. The zero-order valence-corrected chi connectivity index (χ0v) is 12.2. The molecule has 3 rings (SSSR count). The Kier molecular flexibility index (Phi) is 4.09. The summed E-state index contributed by atoms with van der Waals surface area (Å²) in [6, 6.07) is 13.0. The maximum atomic E-state index is 12.4. The van der Waals surface area contributed by atoms with Crippen LogP contribution in [0.15, 0.2) is 48.5 Å². The first kappa shape index (κ1) is 14.8. The van der Waals surface area contributed by atoms with E-state index >= 15 is 0 Å². The molecular formula is C16H14N2O5. The first-order chi connectivity index (χ1) is 11.1. The number of para-hydroxylation sites is 2. The number of non-ortho nitro benzene ring substituents is 1. The average molecular weight is 314 g/mol. The summed E-state index contributed by atoms with van der Waals surface area (Å²) in [5, 5.41) is 10.7. The van der Waals surface area contributed by atoms with E-state index in [4.69, 9.17) is 9.47 Å². The lowest BCUT2D eigenvalue weighted by atomic mass is 10.2. The lowest BCUT2D eigenvalue weighted by molar-refractivity contribution is -0.384. The van der Waals surface area contributed by atoms with Crippen LogP contribution in [-0.4, -0.2) is 30.6 Å². The van der Waals surface area contributed by atoms with Crippen LogP contribution in [-0.2, 0) is 4.79 Å². The number of hydrogen-bond donors (Lipinski definition) is 0. The molecule has 0 unspecified atom stereocenters. The third-order valence-corrected chi connectivity index (χ3v) is 3.42. The van der Waals surface area contributed by atoms with E-state index in [1.165, 1.54) is 18.2 Å². The molecule has 1 heterocycles. The highest BCUT2D eigenvalue weighted by Gasteiger charge is 2.23. The molecule has 0 saturated heterocycles. The smallest absolute Gasteiger partial charge is 0.273 e. The highest BCUT2D eigenvalue weighted by molar-refractivity contribution is 5.96. The SMILES string of the molecule is O=C(COc1cccc([N+](=O)[O-])c1)N1CCOc2ccccc21. The van der Waals surface area contributed by atoms with Crippen LogP contribution in [0.5, 0.6) is 11.5 Å². The quantitative estimate of drug-likeness (QED) is 0.639. The number of rotatable bonds is 4. The number of nitro benzene ring substituents is 1. The lowest BCUT2D eigenvalue weighted by Gasteiger charge is -2.29. The van der Waals surface area contributed by atoms with E-state index in [0.717, 1.165) is 0 Å². The van der Waals surface area contributed by atoms with Crippen molar-refractivity contribution in [2.24, 2.45) is 0 Å². The normalized spacial score (nSPS) is 13.0. The van der Waals surface area contributed by atoms with Crippen LogP contribution >= 0.6 is 0 Å². The highest BCUT2D eigenvalue weighted by Crippen LogP contribution is 2.31. The van der Waals surface area contributed by atoms with Crippen molar-refractivity contribution in [3.63, 3.8) is 0 Å². The van der Waals surface area contributed by atoms with Crippen LogP contribution in [0.3, 0.4) is 0 Å². The van der Waals surface area contributed by atoms with Gasteiger partial charge in [-0.25, -0.2) is 0 Å². The molecule has 1 aliphatic rings. The van der Waals surface area contributed by atoms with E-state index in [0.29, 0.717) is 24.6 Å². The van der Waals surface area contributed by atoms with E-state index in [2.05, 4.69) is 0 Å². The van der Waals surface area contributed by atoms with Crippen LogP contribution in [0.4, 0.5) is 11.4 Å². The van der Waals surface area contributed by atoms with E-state index < -0.39 is 4.92 Å². The van der Waals surface area contributed by atoms with Crippen LogP contribution in [0.2, 0.25) is 0 Å². The summed E-state index contributed by atoms with van der Waals surface area (Å²) in [7, 11) is 0. The van der Waals surface area contributed by atoms with Crippen molar-refractivity contribution in [3.05, 3.63) is 58.6 Å². The topological polar surface area (TPSA) is 81.9 Å². The zero-order chi connectivity index (χ0) is 16.2. The molecule has 1 amide bonds. The Bertz CT molecular complexity index is 747. The average Bonchev–Trinajstić information content (AvgIpc) is 2.59. The van der Waals surface area contributed by atoms with Gasteiger partial charge in [0, 0.05) is 6.07 Å². The summed E-state index contributed by atoms with van der Waals surface area (Å²) >= 11 is 0. The van der Waals surface area contributed by atoms with Gasteiger partial charge in [-0.2, -0.15) is 0 Å². The molecule has 1 aliphatic heterocycles. The van der Waals surface area contributed by atoms with E-state index in [-0.39, 0.29) is 24.0 Å². The number of hydrogen-bond acceptors (Lipinski definition) is 5. The fourth-order valence-electron chi connectivity index (χ4n) is 2.34. The molecule has 2 aromatic rings. The predicted octanol–water partition coefficient (Wildman–Crippen LogP) is 2.40. The summed E-state index contributed by atoms with van der Waals surface area (Å²) in [5.41, 5.74) is 0.623. The second kappa shape index (κ2) is 6.35. The van der Waals surface area contributed by atoms with Gasteiger partial charge in [-0.15, -0.1) is 0 Å². The molecule has 0 radical (unpaired) electrons. The number of nitrogens with zero attached hydrogens (tertiary/aromatic N) is 2. The summed E-state index contributed by atoms with van der Waals surface area (Å²) < 4.78 is 10.9. The van der Waals surface area contributed by atoms with Crippen molar-refractivity contribution in [1.82, 2.24) is 0 Å². The van der Waals surface area contributed by atoms with Gasteiger partial charge in [0.2, 0.25) is 0 Å². The number of carbonyl (C=O) groups is 1. The number of ether oxygens (including phenoxy) is 2. The Hall–Kier alpha value is -3.09. The molecule has 0 fully saturated rings. The van der Waals surface area contributed by atoms with E-state index in [1.807, 2.05) is 12.1 Å². The Balaban J connectivity index is 1.69. The van der Waals surface area contributed by atoms with Crippen molar-refractivity contribution in [3.8, 4) is 11.5 Å². The number of fused-ring (bicyclic) bond motifs is 1. The summed E-state index contributed by atoms with van der Waals surface area (Å²) in [6.07, 6.45) is 0. The number of nitro groups is 1. The lowest BCUT2D eigenvalue weighted by Crippen LogP contribution is -2.40. The van der Waals surface area contributed by atoms with Crippen molar-refractivity contribution < 1.29 is 19.2 Å². The third-order valence-electron chi connectivity index (χ3n) is 3.42. The zero-order valence-electron chi connectivity index (χ0n) is 12.2. The first-order valence-electron chi connectivity index (χ1n) is 7.04. The van der Waals surface area contributed by atoms with Crippen molar-refractivity contribution >= 4 is 17.3 Å². The van der Waals surface area contributed by atoms with Gasteiger partial charge >= 0.3 is 0 Å². The molecule has 0 bridgehead atoms. The number of amides is 1. The molecular weight excluding hydrogens is 300 g/mol. The van der Waals surface area contributed by atoms with Crippen molar-refractivity contribution in [1.29, 1.82) is 0 Å². The molecule has 0 N–H and O–H groups in total. The van der Waals surface area contributed by atoms with Gasteiger partial charge in [0.15, 0.2) is 6.61 Å². The number of anilines is 1. The Labute approximate surface area is 132 Å². The summed E-state index contributed by atoms with van der Waals surface area (Å²) in [4.78, 5) is 24.2. The largest absolute Gasteiger partial charge is 0.490 e.